The van der Waals surface area contributed by atoms with Gasteiger partial charge >= 0.3 is 0 Å². The van der Waals surface area contributed by atoms with E-state index < -0.39 is 0 Å². The summed E-state index contributed by atoms with van der Waals surface area (Å²) < 4.78 is 5.12. The molecule has 0 unspecified atom stereocenters. The highest BCUT2D eigenvalue weighted by atomic mass is 16.5. The molecule has 1 heterocycles. The third-order valence-corrected chi connectivity index (χ3v) is 2.64. The Labute approximate surface area is 97.5 Å². The second kappa shape index (κ2) is 8.50. The van der Waals surface area contributed by atoms with Gasteiger partial charge in [0, 0.05) is 52.3 Å². The zero-order valence-corrected chi connectivity index (χ0v) is 10.1. The summed E-state index contributed by atoms with van der Waals surface area (Å²) in [6, 6.07) is 0. The molecule has 1 amide bonds. The van der Waals surface area contributed by atoms with Crippen LogP contribution in [0.15, 0.2) is 0 Å². The van der Waals surface area contributed by atoms with E-state index in [-0.39, 0.29) is 5.91 Å². The topological polar surface area (TPSA) is 53.6 Å². The number of nitrogens with one attached hydrogen (secondary N) is 2. The third-order valence-electron chi connectivity index (χ3n) is 2.64. The lowest BCUT2D eigenvalue weighted by Gasteiger charge is -2.27. The molecule has 1 aliphatic rings. The molecule has 0 aromatic carbocycles. The van der Waals surface area contributed by atoms with Gasteiger partial charge in [-0.1, -0.05) is 0 Å². The molecule has 0 aromatic rings. The molecule has 0 aromatic heterocycles. The van der Waals surface area contributed by atoms with Gasteiger partial charge in [0.25, 0.3) is 0 Å². The van der Waals surface area contributed by atoms with E-state index in [9.17, 15) is 4.79 Å². The van der Waals surface area contributed by atoms with Crippen molar-refractivity contribution in [3.63, 3.8) is 0 Å². The molecule has 0 saturated carbocycles. The molecular weight excluding hydrogens is 206 g/mol. The summed E-state index contributed by atoms with van der Waals surface area (Å²) >= 11 is 0. The first-order valence-corrected chi connectivity index (χ1v) is 6.10. The normalized spacial score (nSPS) is 17.3. The van der Waals surface area contributed by atoms with Crippen molar-refractivity contribution < 1.29 is 9.53 Å². The summed E-state index contributed by atoms with van der Waals surface area (Å²) in [6.45, 7) is 9.08. The summed E-state index contributed by atoms with van der Waals surface area (Å²) in [4.78, 5) is 13.7. The summed E-state index contributed by atoms with van der Waals surface area (Å²) in [5.41, 5.74) is 0. The summed E-state index contributed by atoms with van der Waals surface area (Å²) in [6.07, 6.45) is 0.468. The fourth-order valence-corrected chi connectivity index (χ4v) is 1.69. The number of ether oxygens (including phenoxy) is 1. The maximum absolute atomic E-state index is 11.3. The van der Waals surface area contributed by atoms with Crippen molar-refractivity contribution in [1.29, 1.82) is 0 Å². The lowest BCUT2D eigenvalue weighted by atomic mass is 10.3. The van der Waals surface area contributed by atoms with Gasteiger partial charge in [0.15, 0.2) is 0 Å². The molecule has 1 rings (SSSR count). The molecule has 5 nitrogen and oxygen atoms in total. The van der Waals surface area contributed by atoms with E-state index in [2.05, 4.69) is 15.5 Å². The SMILES string of the molecule is CCOCCC(=O)NCCN1CCNCC1. The molecule has 0 spiro atoms. The number of carbonyl (C=O) groups excluding carboxylic acids is 1. The van der Waals surface area contributed by atoms with E-state index in [1.807, 2.05) is 6.92 Å². The molecule has 0 atom stereocenters. The Morgan fingerprint density at radius 2 is 2.19 bits per heavy atom. The zero-order chi connectivity index (χ0) is 11.6. The molecule has 5 heteroatoms. The second-order valence-corrected chi connectivity index (χ2v) is 3.89. The Morgan fingerprint density at radius 1 is 1.44 bits per heavy atom. The van der Waals surface area contributed by atoms with E-state index in [1.165, 1.54) is 0 Å². The van der Waals surface area contributed by atoms with Crippen LogP contribution < -0.4 is 10.6 Å². The maximum atomic E-state index is 11.3. The van der Waals surface area contributed by atoms with Gasteiger partial charge in [-0.2, -0.15) is 0 Å². The Bertz CT molecular complexity index is 194. The van der Waals surface area contributed by atoms with Crippen molar-refractivity contribution >= 4 is 5.91 Å². The predicted octanol–water partition coefficient (Wildman–Crippen LogP) is -0.566. The quantitative estimate of drug-likeness (QED) is 0.574. The lowest BCUT2D eigenvalue weighted by molar-refractivity contribution is -0.122. The van der Waals surface area contributed by atoms with Crippen LogP contribution >= 0.6 is 0 Å². The number of amides is 1. The van der Waals surface area contributed by atoms with E-state index in [0.29, 0.717) is 19.6 Å². The standard InChI is InChI=1S/C11H23N3O2/c1-2-16-10-3-11(15)13-6-9-14-7-4-12-5-8-14/h12H,2-10H2,1H3,(H,13,15). The number of rotatable bonds is 7. The first-order valence-electron chi connectivity index (χ1n) is 6.10. The minimum atomic E-state index is 0.0867. The first-order chi connectivity index (χ1) is 7.83. The van der Waals surface area contributed by atoms with E-state index >= 15 is 0 Å². The fraction of sp³-hybridized carbons (Fsp3) is 0.909. The van der Waals surface area contributed by atoms with Crippen molar-refractivity contribution in [2.45, 2.75) is 13.3 Å². The van der Waals surface area contributed by atoms with Crippen LogP contribution in [-0.4, -0.2) is 63.3 Å². The molecule has 0 bridgehead atoms. The zero-order valence-electron chi connectivity index (χ0n) is 10.1. The van der Waals surface area contributed by atoms with Gasteiger partial charge in [-0.05, 0) is 6.92 Å². The minimum absolute atomic E-state index is 0.0867. The Hall–Kier alpha value is -0.650. The van der Waals surface area contributed by atoms with Gasteiger partial charge in [-0.3, -0.25) is 9.69 Å². The van der Waals surface area contributed by atoms with Crippen LogP contribution in [0.3, 0.4) is 0 Å². The van der Waals surface area contributed by atoms with Gasteiger partial charge in [0.2, 0.25) is 5.91 Å². The highest BCUT2D eigenvalue weighted by Crippen LogP contribution is 1.90. The van der Waals surface area contributed by atoms with Crippen LogP contribution in [0.1, 0.15) is 13.3 Å². The molecule has 1 fully saturated rings. The minimum Gasteiger partial charge on any atom is -0.381 e. The Kier molecular flexibility index (Phi) is 7.12. The van der Waals surface area contributed by atoms with Gasteiger partial charge < -0.3 is 15.4 Å². The van der Waals surface area contributed by atoms with Crippen LogP contribution in [0.2, 0.25) is 0 Å². The van der Waals surface area contributed by atoms with Gasteiger partial charge in [0.05, 0.1) is 6.61 Å². The molecule has 1 saturated heterocycles. The van der Waals surface area contributed by atoms with Crippen molar-refractivity contribution in [3.8, 4) is 0 Å². The molecule has 0 radical (unpaired) electrons. The smallest absolute Gasteiger partial charge is 0.222 e. The van der Waals surface area contributed by atoms with Crippen LogP contribution in [0.25, 0.3) is 0 Å². The third kappa shape index (κ3) is 6.05. The number of nitrogens with zero attached hydrogens (tertiary/aromatic N) is 1. The van der Waals surface area contributed by atoms with Gasteiger partial charge in [-0.25, -0.2) is 0 Å². The van der Waals surface area contributed by atoms with Crippen molar-refractivity contribution in [1.82, 2.24) is 15.5 Å². The van der Waals surface area contributed by atoms with E-state index in [1.54, 1.807) is 0 Å². The average molecular weight is 229 g/mol. The molecule has 1 aliphatic heterocycles. The number of carbonyl (C=O) groups is 1. The Balaban J connectivity index is 1.94. The largest absolute Gasteiger partial charge is 0.381 e. The van der Waals surface area contributed by atoms with Crippen LogP contribution in [0, 0.1) is 0 Å². The van der Waals surface area contributed by atoms with Crippen LogP contribution in [-0.2, 0) is 9.53 Å². The monoisotopic (exact) mass is 229 g/mol. The maximum Gasteiger partial charge on any atom is 0.222 e. The molecule has 94 valence electrons. The summed E-state index contributed by atoms with van der Waals surface area (Å²) in [7, 11) is 0. The highest BCUT2D eigenvalue weighted by Gasteiger charge is 2.09. The van der Waals surface area contributed by atoms with Gasteiger partial charge in [-0.15, -0.1) is 0 Å². The molecule has 16 heavy (non-hydrogen) atoms. The fourth-order valence-electron chi connectivity index (χ4n) is 1.69. The molecule has 0 aliphatic carbocycles. The number of hydrogen-bond acceptors (Lipinski definition) is 4. The average Bonchev–Trinajstić information content (AvgIpc) is 2.31. The van der Waals surface area contributed by atoms with Crippen molar-refractivity contribution in [2.75, 3.05) is 52.5 Å². The number of piperazine rings is 1. The first kappa shape index (κ1) is 13.4. The van der Waals surface area contributed by atoms with E-state index in [4.69, 9.17) is 4.74 Å². The van der Waals surface area contributed by atoms with Crippen LogP contribution in [0.4, 0.5) is 0 Å². The summed E-state index contributed by atoms with van der Waals surface area (Å²) in [5, 5.41) is 6.21. The summed E-state index contributed by atoms with van der Waals surface area (Å²) in [5.74, 6) is 0.0867. The molecular formula is C11H23N3O2. The Morgan fingerprint density at radius 3 is 2.88 bits per heavy atom. The number of hydrogen-bond donors (Lipinski definition) is 2. The second-order valence-electron chi connectivity index (χ2n) is 3.89. The van der Waals surface area contributed by atoms with Crippen LogP contribution in [0.5, 0.6) is 0 Å². The lowest BCUT2D eigenvalue weighted by Crippen LogP contribution is -2.46. The van der Waals surface area contributed by atoms with Gasteiger partial charge in [0.1, 0.15) is 0 Å². The van der Waals surface area contributed by atoms with Crippen molar-refractivity contribution in [2.24, 2.45) is 0 Å². The van der Waals surface area contributed by atoms with E-state index in [0.717, 1.165) is 39.3 Å². The highest BCUT2D eigenvalue weighted by molar-refractivity contribution is 5.75. The molecule has 2 N–H and O–H groups in total. The van der Waals surface area contributed by atoms with Crippen molar-refractivity contribution in [3.05, 3.63) is 0 Å². The predicted molar refractivity (Wildman–Crippen MR) is 63.4 cm³/mol.